The number of hydrogen-bond donors (Lipinski definition) is 2. The predicted molar refractivity (Wildman–Crippen MR) is 93.6 cm³/mol. The first-order chi connectivity index (χ1) is 11.5. The van der Waals surface area contributed by atoms with Gasteiger partial charge in [-0.15, -0.1) is 0 Å². The fourth-order valence-electron chi connectivity index (χ4n) is 2.99. The van der Waals surface area contributed by atoms with Crippen LogP contribution < -0.4 is 15.4 Å². The highest BCUT2D eigenvalue weighted by Crippen LogP contribution is 2.23. The molecule has 0 spiro atoms. The van der Waals surface area contributed by atoms with Gasteiger partial charge in [0.1, 0.15) is 5.75 Å². The number of nitrogens with one attached hydrogen (secondary N) is 2. The molecule has 0 heterocycles. The zero-order valence-corrected chi connectivity index (χ0v) is 14.8. The van der Waals surface area contributed by atoms with Crippen LogP contribution in [0, 0.1) is 5.92 Å². The number of hydrogen-bond acceptors (Lipinski definition) is 3. The molecule has 1 aromatic carbocycles. The van der Waals surface area contributed by atoms with Gasteiger partial charge >= 0.3 is 11.8 Å². The first kappa shape index (κ1) is 18.3. The molecule has 1 aliphatic carbocycles. The molecular formula is C19H28N2O3. The van der Waals surface area contributed by atoms with E-state index in [0.29, 0.717) is 12.5 Å². The summed E-state index contributed by atoms with van der Waals surface area (Å²) in [7, 11) is 0. The van der Waals surface area contributed by atoms with Gasteiger partial charge in [-0.1, -0.05) is 31.9 Å². The van der Waals surface area contributed by atoms with Gasteiger partial charge in [-0.3, -0.25) is 9.59 Å². The summed E-state index contributed by atoms with van der Waals surface area (Å²) >= 11 is 0. The van der Waals surface area contributed by atoms with E-state index in [2.05, 4.69) is 17.6 Å². The molecule has 0 aromatic heterocycles. The summed E-state index contributed by atoms with van der Waals surface area (Å²) in [5.74, 6) is 0.122. The van der Waals surface area contributed by atoms with Crippen LogP contribution in [0.5, 0.6) is 5.75 Å². The molecule has 0 aliphatic heterocycles. The van der Waals surface area contributed by atoms with Gasteiger partial charge in [0.15, 0.2) is 0 Å². The quantitative estimate of drug-likeness (QED) is 0.815. The summed E-state index contributed by atoms with van der Waals surface area (Å²) in [6.45, 7) is 6.40. The lowest BCUT2D eigenvalue weighted by Crippen LogP contribution is -2.47. The molecule has 24 heavy (non-hydrogen) atoms. The maximum Gasteiger partial charge on any atom is 0.309 e. The van der Waals surface area contributed by atoms with E-state index in [1.54, 1.807) is 0 Å². The van der Waals surface area contributed by atoms with E-state index in [-0.39, 0.29) is 12.1 Å². The Morgan fingerprint density at radius 3 is 2.42 bits per heavy atom. The number of carbonyl (C=O) groups is 2. The predicted octanol–water partition coefficient (Wildman–Crippen LogP) is 2.78. The van der Waals surface area contributed by atoms with Crippen molar-refractivity contribution in [1.29, 1.82) is 0 Å². The fourth-order valence-corrected chi connectivity index (χ4v) is 2.99. The van der Waals surface area contributed by atoms with Crippen molar-refractivity contribution < 1.29 is 14.3 Å². The molecule has 132 valence electrons. The standard InChI is InChI=1S/C19H28N2O3/c1-13(2)24-16-10-8-15(9-11-16)12-20-18(22)19(23)21-17-7-5-4-6-14(17)3/h8-11,13-14,17H,4-7,12H2,1-3H3,(H,20,22)(H,21,23)/t14-,17-/m1/s1. The van der Waals surface area contributed by atoms with Crippen LogP contribution in [0.1, 0.15) is 52.0 Å². The monoisotopic (exact) mass is 332 g/mol. The van der Waals surface area contributed by atoms with Gasteiger partial charge in [-0.25, -0.2) is 0 Å². The average molecular weight is 332 g/mol. The summed E-state index contributed by atoms with van der Waals surface area (Å²) in [5, 5.41) is 5.54. The second-order valence-electron chi connectivity index (χ2n) is 6.83. The topological polar surface area (TPSA) is 67.4 Å². The van der Waals surface area contributed by atoms with Crippen molar-refractivity contribution in [1.82, 2.24) is 10.6 Å². The van der Waals surface area contributed by atoms with Crippen molar-refractivity contribution in [3.05, 3.63) is 29.8 Å². The van der Waals surface area contributed by atoms with Gasteiger partial charge in [0.25, 0.3) is 0 Å². The van der Waals surface area contributed by atoms with E-state index in [4.69, 9.17) is 4.74 Å². The third-order valence-electron chi connectivity index (χ3n) is 4.38. The fraction of sp³-hybridized carbons (Fsp3) is 0.579. The van der Waals surface area contributed by atoms with Crippen LogP contribution in [0.2, 0.25) is 0 Å². The highest BCUT2D eigenvalue weighted by Gasteiger charge is 2.25. The molecule has 2 amide bonds. The van der Waals surface area contributed by atoms with Crippen LogP contribution in [0.15, 0.2) is 24.3 Å². The van der Waals surface area contributed by atoms with Crippen LogP contribution >= 0.6 is 0 Å². The molecular weight excluding hydrogens is 304 g/mol. The lowest BCUT2D eigenvalue weighted by Gasteiger charge is -2.29. The maximum absolute atomic E-state index is 12.0. The zero-order chi connectivity index (χ0) is 17.5. The number of rotatable bonds is 5. The summed E-state index contributed by atoms with van der Waals surface area (Å²) < 4.78 is 5.58. The van der Waals surface area contributed by atoms with Crippen LogP contribution in [-0.2, 0) is 16.1 Å². The first-order valence-corrected chi connectivity index (χ1v) is 8.80. The van der Waals surface area contributed by atoms with Crippen molar-refractivity contribution in [3.63, 3.8) is 0 Å². The lowest BCUT2D eigenvalue weighted by atomic mass is 9.86. The molecule has 0 bridgehead atoms. The Hall–Kier alpha value is -2.04. The van der Waals surface area contributed by atoms with Crippen LogP contribution in [0.4, 0.5) is 0 Å². The van der Waals surface area contributed by atoms with Gasteiger partial charge in [0.2, 0.25) is 0 Å². The van der Waals surface area contributed by atoms with Crippen LogP contribution in [-0.4, -0.2) is 24.0 Å². The number of amides is 2. The minimum absolute atomic E-state index is 0.115. The molecule has 1 aromatic rings. The molecule has 5 nitrogen and oxygen atoms in total. The summed E-state index contributed by atoms with van der Waals surface area (Å²) in [6, 6.07) is 7.62. The second kappa shape index (κ2) is 8.71. The van der Waals surface area contributed by atoms with Gasteiger partial charge in [-0.2, -0.15) is 0 Å². The van der Waals surface area contributed by atoms with Crippen LogP contribution in [0.25, 0.3) is 0 Å². The second-order valence-corrected chi connectivity index (χ2v) is 6.83. The molecule has 1 aliphatic rings. The molecule has 2 N–H and O–H groups in total. The molecule has 1 fully saturated rings. The highest BCUT2D eigenvalue weighted by molar-refractivity contribution is 6.35. The Labute approximate surface area is 144 Å². The molecule has 2 rings (SSSR count). The van der Waals surface area contributed by atoms with Crippen LogP contribution in [0.3, 0.4) is 0 Å². The SMILES string of the molecule is CC(C)Oc1ccc(CNC(=O)C(=O)N[C@@H]2CCCC[C@H]2C)cc1. The minimum atomic E-state index is -0.574. The highest BCUT2D eigenvalue weighted by atomic mass is 16.5. The minimum Gasteiger partial charge on any atom is -0.491 e. The van der Waals surface area contributed by atoms with Crippen molar-refractivity contribution in [2.75, 3.05) is 0 Å². The van der Waals surface area contributed by atoms with E-state index < -0.39 is 11.8 Å². The zero-order valence-electron chi connectivity index (χ0n) is 14.8. The summed E-state index contributed by atoms with van der Waals surface area (Å²) in [4.78, 5) is 24.0. The van der Waals surface area contributed by atoms with Gasteiger partial charge in [0, 0.05) is 12.6 Å². The van der Waals surface area contributed by atoms with Crippen molar-refractivity contribution >= 4 is 11.8 Å². The molecule has 1 saturated carbocycles. The van der Waals surface area contributed by atoms with Crippen molar-refractivity contribution in [3.8, 4) is 5.75 Å². The van der Waals surface area contributed by atoms with Gasteiger partial charge in [-0.05, 0) is 50.3 Å². The van der Waals surface area contributed by atoms with E-state index in [1.165, 1.54) is 6.42 Å². The third kappa shape index (κ3) is 5.55. The van der Waals surface area contributed by atoms with Crippen molar-refractivity contribution in [2.45, 2.75) is 65.1 Å². The number of carbonyl (C=O) groups excluding carboxylic acids is 2. The largest absolute Gasteiger partial charge is 0.491 e. The molecule has 5 heteroatoms. The Kier molecular flexibility index (Phi) is 6.64. The van der Waals surface area contributed by atoms with E-state index in [9.17, 15) is 9.59 Å². The number of ether oxygens (including phenoxy) is 1. The molecule has 2 atom stereocenters. The lowest BCUT2D eigenvalue weighted by molar-refractivity contribution is -0.140. The Morgan fingerprint density at radius 2 is 1.79 bits per heavy atom. The third-order valence-corrected chi connectivity index (χ3v) is 4.38. The first-order valence-electron chi connectivity index (χ1n) is 8.80. The van der Waals surface area contributed by atoms with E-state index >= 15 is 0 Å². The van der Waals surface area contributed by atoms with Gasteiger partial charge in [0.05, 0.1) is 6.10 Å². The van der Waals surface area contributed by atoms with E-state index in [1.807, 2.05) is 38.1 Å². The van der Waals surface area contributed by atoms with Crippen molar-refractivity contribution in [2.24, 2.45) is 5.92 Å². The Morgan fingerprint density at radius 1 is 1.12 bits per heavy atom. The summed E-state index contributed by atoms with van der Waals surface area (Å²) in [6.07, 6.45) is 4.51. The average Bonchev–Trinajstić information content (AvgIpc) is 2.55. The maximum atomic E-state index is 12.0. The summed E-state index contributed by atoms with van der Waals surface area (Å²) in [5.41, 5.74) is 0.929. The normalized spacial score (nSPS) is 20.5. The molecule has 0 saturated heterocycles. The molecule has 0 unspecified atom stereocenters. The Balaban J connectivity index is 1.78. The smallest absolute Gasteiger partial charge is 0.309 e. The van der Waals surface area contributed by atoms with Gasteiger partial charge < -0.3 is 15.4 Å². The Bertz CT molecular complexity index is 554. The number of benzene rings is 1. The molecule has 0 radical (unpaired) electrons. The van der Waals surface area contributed by atoms with E-state index in [0.717, 1.165) is 30.6 Å².